The minimum atomic E-state index is 0.740. The molecule has 0 aliphatic heterocycles. The van der Waals surface area contributed by atoms with Crippen molar-refractivity contribution in [1.82, 2.24) is 35.5 Å². The molecule has 7 nitrogen and oxygen atoms in total. The summed E-state index contributed by atoms with van der Waals surface area (Å²) in [6.07, 6.45) is 11.1. The summed E-state index contributed by atoms with van der Waals surface area (Å²) >= 11 is 1.69. The predicted octanol–water partition coefficient (Wildman–Crippen LogP) is 6.57. The van der Waals surface area contributed by atoms with E-state index in [1.54, 1.807) is 11.3 Å². The minimum absolute atomic E-state index is 0.740. The third-order valence-corrected chi connectivity index (χ3v) is 8.03. The van der Waals surface area contributed by atoms with Crippen molar-refractivity contribution in [2.24, 2.45) is 5.92 Å². The van der Waals surface area contributed by atoms with Crippen LogP contribution in [0.4, 0.5) is 0 Å². The van der Waals surface area contributed by atoms with Gasteiger partial charge in [0, 0.05) is 35.5 Å². The number of aromatic nitrogens is 6. The molecule has 0 saturated heterocycles. The number of hydrogen-bond acceptors (Lipinski definition) is 6. The lowest BCUT2D eigenvalue weighted by Crippen LogP contribution is -2.20. The van der Waals surface area contributed by atoms with Crippen molar-refractivity contribution in [3.8, 4) is 33.9 Å². The van der Waals surface area contributed by atoms with Crippen molar-refractivity contribution in [3.63, 3.8) is 0 Å². The quantitative estimate of drug-likeness (QED) is 0.228. The molecule has 8 heteroatoms. The summed E-state index contributed by atoms with van der Waals surface area (Å²) in [7, 11) is 0. The van der Waals surface area contributed by atoms with E-state index >= 15 is 0 Å². The van der Waals surface area contributed by atoms with Gasteiger partial charge in [0.1, 0.15) is 5.69 Å². The number of hydrogen-bond donors (Lipinski definition) is 3. The molecule has 5 aromatic heterocycles. The second kappa shape index (κ2) is 9.53. The van der Waals surface area contributed by atoms with Gasteiger partial charge in [-0.1, -0.05) is 25.0 Å². The van der Waals surface area contributed by atoms with E-state index < -0.39 is 0 Å². The highest BCUT2D eigenvalue weighted by molar-refractivity contribution is 7.08. The molecule has 0 radical (unpaired) electrons. The number of imidazole rings is 1. The van der Waals surface area contributed by atoms with Gasteiger partial charge in [0.15, 0.2) is 5.82 Å². The van der Waals surface area contributed by atoms with Crippen molar-refractivity contribution in [1.29, 1.82) is 0 Å². The van der Waals surface area contributed by atoms with Gasteiger partial charge in [-0.2, -0.15) is 16.4 Å². The molecule has 6 aromatic rings. The lowest BCUT2D eigenvalue weighted by Gasteiger charge is -2.11. The Morgan fingerprint density at radius 3 is 2.84 bits per heavy atom. The summed E-state index contributed by atoms with van der Waals surface area (Å²) in [4.78, 5) is 17.6. The summed E-state index contributed by atoms with van der Waals surface area (Å²) in [6.45, 7) is 1.90. The van der Waals surface area contributed by atoms with Gasteiger partial charge in [-0.15, -0.1) is 0 Å². The Hall–Kier alpha value is -3.88. The zero-order valence-corrected chi connectivity index (χ0v) is 21.2. The fourth-order valence-electron chi connectivity index (χ4n) is 5.41. The highest BCUT2D eigenvalue weighted by Gasteiger charge is 2.17. The Labute approximate surface area is 218 Å². The van der Waals surface area contributed by atoms with Crippen molar-refractivity contribution >= 4 is 33.3 Å². The number of nitrogens with zero attached hydrogens (tertiary/aromatic N) is 4. The zero-order chi connectivity index (χ0) is 24.6. The van der Waals surface area contributed by atoms with Crippen molar-refractivity contribution in [2.75, 3.05) is 6.54 Å². The Kier molecular flexibility index (Phi) is 5.75. The molecule has 0 unspecified atom stereocenters. The molecule has 37 heavy (non-hydrogen) atoms. The molecule has 0 bridgehead atoms. The van der Waals surface area contributed by atoms with E-state index in [-0.39, 0.29) is 0 Å². The highest BCUT2D eigenvalue weighted by Crippen LogP contribution is 2.33. The molecule has 0 amide bonds. The van der Waals surface area contributed by atoms with Crippen LogP contribution in [0.15, 0.2) is 65.7 Å². The van der Waals surface area contributed by atoms with E-state index in [1.807, 2.05) is 18.6 Å². The number of nitrogens with one attached hydrogen (secondary N) is 3. The average Bonchev–Trinajstić information content (AvgIpc) is 3.74. The number of rotatable bonds is 7. The van der Waals surface area contributed by atoms with Gasteiger partial charge in [-0.25, -0.2) is 4.98 Å². The minimum Gasteiger partial charge on any atom is -0.337 e. The van der Waals surface area contributed by atoms with E-state index in [2.05, 4.69) is 72.6 Å². The number of fused-ring (bicyclic) bond motifs is 2. The smallest absolute Gasteiger partial charge is 0.159 e. The van der Waals surface area contributed by atoms with Crippen LogP contribution in [0.2, 0.25) is 0 Å². The molecule has 1 aromatic carbocycles. The first-order chi connectivity index (χ1) is 18.3. The molecular weight excluding hydrogens is 478 g/mol. The summed E-state index contributed by atoms with van der Waals surface area (Å²) < 4.78 is 0. The predicted molar refractivity (Wildman–Crippen MR) is 149 cm³/mol. The number of pyridine rings is 2. The molecule has 7 rings (SSSR count). The average molecular weight is 506 g/mol. The van der Waals surface area contributed by atoms with Gasteiger partial charge in [-0.05, 0) is 71.5 Å². The fourth-order valence-corrected chi connectivity index (χ4v) is 6.07. The highest BCUT2D eigenvalue weighted by atomic mass is 32.1. The van der Waals surface area contributed by atoms with Crippen LogP contribution in [0.3, 0.4) is 0 Å². The molecular formula is C29H27N7S. The molecule has 1 saturated carbocycles. The monoisotopic (exact) mass is 505 g/mol. The first kappa shape index (κ1) is 22.3. The summed E-state index contributed by atoms with van der Waals surface area (Å²) in [5, 5.41) is 16.6. The standard InChI is InChI=1S/C29H27N7S/c1-2-5-18(4-1)12-30-13-19-10-21(15-31-14-19)25-11-23-26(16-32-25)35-36-28(23)29-33-24-7-3-6-22(27(24)34-29)20-8-9-37-17-20/h3,6-11,14-18,30H,1-2,4-5,12-13H2,(H,33,34)(H,35,36). The second-order valence-electron chi connectivity index (χ2n) is 9.85. The third kappa shape index (κ3) is 4.32. The van der Waals surface area contributed by atoms with E-state index in [1.165, 1.54) is 36.8 Å². The topological polar surface area (TPSA) is 95.2 Å². The molecule has 3 N–H and O–H groups in total. The largest absolute Gasteiger partial charge is 0.337 e. The van der Waals surface area contributed by atoms with Gasteiger partial charge in [0.25, 0.3) is 0 Å². The van der Waals surface area contributed by atoms with Crippen LogP contribution < -0.4 is 5.32 Å². The van der Waals surface area contributed by atoms with Crippen molar-refractivity contribution < 1.29 is 0 Å². The fraction of sp³-hybridized carbons (Fsp3) is 0.241. The molecule has 1 fully saturated rings. The van der Waals surface area contributed by atoms with Gasteiger partial charge >= 0.3 is 0 Å². The van der Waals surface area contributed by atoms with Crippen LogP contribution in [-0.2, 0) is 6.54 Å². The number of aromatic amines is 2. The normalized spacial score (nSPS) is 14.3. The van der Waals surface area contributed by atoms with Crippen molar-refractivity contribution in [2.45, 2.75) is 32.2 Å². The lowest BCUT2D eigenvalue weighted by atomic mass is 10.1. The SMILES string of the molecule is c1cc(-c2ccsc2)c2nc(-c3n[nH]c4cnc(-c5cncc(CNCC6CCCC6)c5)cc34)[nH]c2c1. The van der Waals surface area contributed by atoms with Crippen LogP contribution in [0.25, 0.3) is 55.8 Å². The Morgan fingerprint density at radius 2 is 1.95 bits per heavy atom. The lowest BCUT2D eigenvalue weighted by molar-refractivity contribution is 0.489. The van der Waals surface area contributed by atoms with E-state index in [0.717, 1.165) is 69.3 Å². The van der Waals surface area contributed by atoms with E-state index in [0.29, 0.717) is 0 Å². The van der Waals surface area contributed by atoms with Crippen LogP contribution in [0.5, 0.6) is 0 Å². The molecule has 5 heterocycles. The maximum atomic E-state index is 4.97. The van der Waals surface area contributed by atoms with Crippen LogP contribution in [0, 0.1) is 5.92 Å². The van der Waals surface area contributed by atoms with Crippen LogP contribution in [-0.4, -0.2) is 36.7 Å². The maximum Gasteiger partial charge on any atom is 0.159 e. The molecule has 1 aliphatic carbocycles. The van der Waals surface area contributed by atoms with Crippen molar-refractivity contribution in [3.05, 3.63) is 71.3 Å². The summed E-state index contributed by atoms with van der Waals surface area (Å²) in [6, 6.07) is 12.6. The third-order valence-electron chi connectivity index (χ3n) is 7.34. The number of para-hydroxylation sites is 1. The van der Waals surface area contributed by atoms with Crippen LogP contribution in [0.1, 0.15) is 31.2 Å². The Balaban J connectivity index is 1.20. The molecule has 0 atom stereocenters. The maximum absolute atomic E-state index is 4.97. The van der Waals surface area contributed by atoms with Crippen LogP contribution >= 0.6 is 11.3 Å². The molecule has 184 valence electrons. The number of thiophene rings is 1. The first-order valence-corrected chi connectivity index (χ1v) is 13.8. The Morgan fingerprint density at radius 1 is 1.00 bits per heavy atom. The summed E-state index contributed by atoms with van der Waals surface area (Å²) in [5.41, 5.74) is 8.93. The summed E-state index contributed by atoms with van der Waals surface area (Å²) in [5.74, 6) is 1.56. The Bertz CT molecular complexity index is 1680. The first-order valence-electron chi connectivity index (χ1n) is 12.8. The van der Waals surface area contributed by atoms with Gasteiger partial charge in [-0.3, -0.25) is 15.1 Å². The number of H-pyrrole nitrogens is 2. The van der Waals surface area contributed by atoms with Gasteiger partial charge in [0.05, 0.1) is 28.4 Å². The van der Waals surface area contributed by atoms with E-state index in [9.17, 15) is 0 Å². The van der Waals surface area contributed by atoms with E-state index in [4.69, 9.17) is 9.97 Å². The number of benzene rings is 1. The second-order valence-corrected chi connectivity index (χ2v) is 10.6. The van der Waals surface area contributed by atoms with Gasteiger partial charge < -0.3 is 10.3 Å². The molecule has 1 aliphatic rings. The molecule has 0 spiro atoms. The van der Waals surface area contributed by atoms with Gasteiger partial charge in [0.2, 0.25) is 0 Å². The zero-order valence-electron chi connectivity index (χ0n) is 20.4.